The van der Waals surface area contributed by atoms with Crippen LogP contribution < -0.4 is 0 Å². The fourth-order valence-electron chi connectivity index (χ4n) is 2.91. The molecule has 0 heterocycles. The number of ether oxygens (including phenoxy) is 1. The summed E-state index contributed by atoms with van der Waals surface area (Å²) in [5.41, 5.74) is 0.420. The highest BCUT2D eigenvalue weighted by atomic mass is 28.3. The average molecular weight is 403 g/mol. The molecule has 0 bridgehead atoms. The van der Waals surface area contributed by atoms with E-state index in [9.17, 15) is 4.79 Å². The van der Waals surface area contributed by atoms with Crippen molar-refractivity contribution in [3.8, 4) is 0 Å². The first-order valence-electron chi connectivity index (χ1n) is 10.6. The Morgan fingerprint density at radius 3 is 1.89 bits per heavy atom. The molecule has 0 aliphatic carbocycles. The maximum atomic E-state index is 11.5. The first-order valence-corrected chi connectivity index (χ1v) is 12.0. The molecular weight excluding hydrogens is 360 g/mol. The summed E-state index contributed by atoms with van der Waals surface area (Å²) < 4.78 is 21.7. The average Bonchev–Trinajstić information content (AvgIpc) is 2.66. The van der Waals surface area contributed by atoms with Gasteiger partial charge < -0.3 is 18.0 Å². The Morgan fingerprint density at radius 2 is 1.41 bits per heavy atom. The summed E-state index contributed by atoms with van der Waals surface area (Å²) in [4.78, 5) is 11.5. The van der Waals surface area contributed by atoms with Crippen molar-refractivity contribution in [3.05, 3.63) is 12.2 Å². The van der Waals surface area contributed by atoms with Crippen LogP contribution in [-0.4, -0.2) is 42.4 Å². The maximum Gasteiger partial charge on any atom is 0.483 e. The van der Waals surface area contributed by atoms with Crippen LogP contribution in [0.5, 0.6) is 0 Å². The molecule has 0 aliphatic heterocycles. The number of esters is 1. The van der Waals surface area contributed by atoms with Gasteiger partial charge in [0.15, 0.2) is 0 Å². The number of rotatable bonds is 19. The van der Waals surface area contributed by atoms with Crippen LogP contribution in [0.3, 0.4) is 0 Å². The Hall–Kier alpha value is -0.693. The molecular formula is C21H42O5Si. The molecule has 0 aromatic heterocycles. The van der Waals surface area contributed by atoms with Gasteiger partial charge in [0.25, 0.3) is 0 Å². The van der Waals surface area contributed by atoms with Gasteiger partial charge in [0.1, 0.15) is 0 Å². The zero-order valence-corrected chi connectivity index (χ0v) is 19.3. The summed E-state index contributed by atoms with van der Waals surface area (Å²) in [5.74, 6) is -0.347. The highest BCUT2D eigenvalue weighted by Gasteiger charge is 2.19. The molecule has 0 saturated carbocycles. The predicted molar refractivity (Wildman–Crippen MR) is 113 cm³/mol. The third kappa shape index (κ3) is 16.0. The van der Waals surface area contributed by atoms with Gasteiger partial charge in [-0.25, -0.2) is 4.79 Å². The molecule has 27 heavy (non-hydrogen) atoms. The maximum absolute atomic E-state index is 11.5. The standard InChI is InChI=1S/C21H42O5Si/c1-6-7-8-9-10-11-12-13-14-15-16-20(26-27(23-4)24-5)17-18-25-21(22)19(2)3/h20,27H,2,6-18H2,1,3-5H3. The van der Waals surface area contributed by atoms with Crippen LogP contribution in [-0.2, 0) is 22.8 Å². The van der Waals surface area contributed by atoms with E-state index in [2.05, 4.69) is 13.5 Å². The Morgan fingerprint density at radius 1 is 0.889 bits per heavy atom. The molecule has 0 N–H and O–H groups in total. The second kappa shape index (κ2) is 18.7. The van der Waals surface area contributed by atoms with Crippen LogP contribution in [0.15, 0.2) is 12.2 Å². The van der Waals surface area contributed by atoms with Crippen LogP contribution >= 0.6 is 0 Å². The van der Waals surface area contributed by atoms with E-state index in [1.165, 1.54) is 57.8 Å². The number of carbonyl (C=O) groups is 1. The van der Waals surface area contributed by atoms with Crippen molar-refractivity contribution < 1.29 is 22.8 Å². The highest BCUT2D eigenvalue weighted by molar-refractivity contribution is 6.36. The third-order valence-electron chi connectivity index (χ3n) is 4.59. The minimum atomic E-state index is -2.08. The predicted octanol–water partition coefficient (Wildman–Crippen LogP) is 5.20. The molecule has 1 atom stereocenters. The SMILES string of the molecule is C=C(C)C(=O)OCCC(CCCCCCCCCCCC)O[SiH](OC)OC. The molecule has 5 nitrogen and oxygen atoms in total. The molecule has 0 aliphatic rings. The first kappa shape index (κ1) is 26.3. The number of hydrogen-bond acceptors (Lipinski definition) is 5. The smallest absolute Gasteiger partial charge is 0.462 e. The lowest BCUT2D eigenvalue weighted by Crippen LogP contribution is -2.31. The van der Waals surface area contributed by atoms with Gasteiger partial charge in [-0.2, -0.15) is 0 Å². The minimum Gasteiger partial charge on any atom is -0.462 e. The number of unbranched alkanes of at least 4 members (excludes halogenated alkanes) is 9. The minimum absolute atomic E-state index is 0.00790. The second-order valence-corrected chi connectivity index (χ2v) is 8.99. The molecule has 0 aromatic rings. The van der Waals surface area contributed by atoms with Crippen LogP contribution in [0.1, 0.15) is 90.9 Å². The van der Waals surface area contributed by atoms with Gasteiger partial charge in [-0.1, -0.05) is 77.7 Å². The van der Waals surface area contributed by atoms with E-state index in [1.54, 1.807) is 21.1 Å². The van der Waals surface area contributed by atoms with Gasteiger partial charge in [0.2, 0.25) is 0 Å². The lowest BCUT2D eigenvalue weighted by molar-refractivity contribution is -0.139. The van der Waals surface area contributed by atoms with E-state index in [-0.39, 0.29) is 12.1 Å². The van der Waals surface area contributed by atoms with Crippen molar-refractivity contribution in [3.63, 3.8) is 0 Å². The van der Waals surface area contributed by atoms with E-state index >= 15 is 0 Å². The van der Waals surface area contributed by atoms with Crippen molar-refractivity contribution in [1.82, 2.24) is 0 Å². The molecule has 0 spiro atoms. The Balaban J connectivity index is 3.95. The molecule has 6 heteroatoms. The first-order chi connectivity index (χ1) is 13.0. The van der Waals surface area contributed by atoms with Gasteiger partial charge >= 0.3 is 15.5 Å². The van der Waals surface area contributed by atoms with Gasteiger partial charge in [-0.15, -0.1) is 0 Å². The van der Waals surface area contributed by atoms with Gasteiger partial charge in [0, 0.05) is 26.2 Å². The van der Waals surface area contributed by atoms with Crippen LogP contribution in [0.4, 0.5) is 0 Å². The van der Waals surface area contributed by atoms with Crippen molar-refractivity contribution in [2.24, 2.45) is 0 Å². The fraction of sp³-hybridized carbons (Fsp3) is 0.857. The molecule has 0 saturated heterocycles. The van der Waals surface area contributed by atoms with Crippen LogP contribution in [0, 0.1) is 0 Å². The molecule has 0 amide bonds. The zero-order valence-electron chi connectivity index (χ0n) is 18.1. The van der Waals surface area contributed by atoms with Gasteiger partial charge in [-0.05, 0) is 13.3 Å². The number of carbonyl (C=O) groups excluding carboxylic acids is 1. The van der Waals surface area contributed by atoms with Gasteiger partial charge in [-0.3, -0.25) is 0 Å². The van der Waals surface area contributed by atoms with E-state index in [1.807, 2.05) is 0 Å². The van der Waals surface area contributed by atoms with Crippen LogP contribution in [0.25, 0.3) is 0 Å². The Kier molecular flexibility index (Phi) is 18.2. The molecule has 1 unspecified atom stereocenters. The van der Waals surface area contributed by atoms with E-state index in [0.717, 1.165) is 12.8 Å². The lowest BCUT2D eigenvalue weighted by atomic mass is 10.0. The summed E-state index contributed by atoms with van der Waals surface area (Å²) in [6, 6.07) is 0. The van der Waals surface area contributed by atoms with Crippen molar-refractivity contribution in [2.75, 3.05) is 20.8 Å². The summed E-state index contributed by atoms with van der Waals surface area (Å²) >= 11 is 0. The molecule has 0 radical (unpaired) electrons. The second-order valence-electron chi connectivity index (χ2n) is 7.19. The topological polar surface area (TPSA) is 54.0 Å². The number of hydrogen-bond donors (Lipinski definition) is 0. The highest BCUT2D eigenvalue weighted by Crippen LogP contribution is 2.15. The normalized spacial score (nSPS) is 12.3. The summed E-state index contributed by atoms with van der Waals surface area (Å²) in [7, 11) is 1.14. The van der Waals surface area contributed by atoms with E-state index in [0.29, 0.717) is 18.6 Å². The fourth-order valence-corrected chi connectivity index (χ4v) is 3.91. The molecule has 0 rings (SSSR count). The summed E-state index contributed by atoms with van der Waals surface area (Å²) in [6.45, 7) is 7.84. The molecule has 0 aromatic carbocycles. The third-order valence-corrected chi connectivity index (χ3v) is 5.97. The Labute approximate surface area is 168 Å². The van der Waals surface area contributed by atoms with Crippen molar-refractivity contribution >= 4 is 15.5 Å². The zero-order chi connectivity index (χ0) is 20.3. The Bertz CT molecular complexity index is 372. The van der Waals surface area contributed by atoms with E-state index < -0.39 is 9.53 Å². The molecule has 0 fully saturated rings. The largest absolute Gasteiger partial charge is 0.483 e. The summed E-state index contributed by atoms with van der Waals surface area (Å²) in [5, 5.41) is 0. The monoisotopic (exact) mass is 402 g/mol. The summed E-state index contributed by atoms with van der Waals surface area (Å²) in [6.07, 6.45) is 14.7. The lowest BCUT2D eigenvalue weighted by Gasteiger charge is -2.21. The van der Waals surface area contributed by atoms with Crippen molar-refractivity contribution in [1.29, 1.82) is 0 Å². The van der Waals surface area contributed by atoms with Crippen molar-refractivity contribution in [2.45, 2.75) is 97.0 Å². The quantitative estimate of drug-likeness (QED) is 0.129. The van der Waals surface area contributed by atoms with Crippen LogP contribution in [0.2, 0.25) is 0 Å². The molecule has 160 valence electrons. The van der Waals surface area contributed by atoms with Gasteiger partial charge in [0.05, 0.1) is 12.7 Å². The van der Waals surface area contributed by atoms with E-state index in [4.69, 9.17) is 18.0 Å².